The van der Waals surface area contributed by atoms with Gasteiger partial charge in [0.05, 0.1) is 25.6 Å². The number of carbonyl (C=O) groups excluding carboxylic acids is 3. The van der Waals surface area contributed by atoms with Crippen molar-refractivity contribution < 1.29 is 23.9 Å². The van der Waals surface area contributed by atoms with Crippen LogP contribution in [0.1, 0.15) is 21.5 Å². The van der Waals surface area contributed by atoms with E-state index in [9.17, 15) is 14.4 Å². The molecule has 3 aromatic rings. The van der Waals surface area contributed by atoms with Gasteiger partial charge in [-0.3, -0.25) is 14.4 Å². The highest BCUT2D eigenvalue weighted by Gasteiger charge is 2.39. The maximum atomic E-state index is 13.2. The van der Waals surface area contributed by atoms with Gasteiger partial charge in [0.15, 0.2) is 0 Å². The van der Waals surface area contributed by atoms with Crippen LogP contribution in [0.15, 0.2) is 71.4 Å². The molecule has 0 aromatic heterocycles. The molecular weight excluding hydrogens is 482 g/mol. The number of nitrogens with zero attached hydrogens (tertiary/aromatic N) is 1. The number of imide groups is 1. The first-order valence-corrected chi connectivity index (χ1v) is 11.4. The SMILES string of the molecule is COc1ccc(NC(=O)c2cccc(NC3=C(Cl)C(=O)N(c4cccc(C)c4C)C3=O)c2)c(OC)c1. The second kappa shape index (κ2) is 10.1. The van der Waals surface area contributed by atoms with Gasteiger partial charge in [-0.2, -0.15) is 0 Å². The van der Waals surface area contributed by atoms with E-state index >= 15 is 0 Å². The summed E-state index contributed by atoms with van der Waals surface area (Å²) in [5, 5.41) is 5.49. The van der Waals surface area contributed by atoms with Crippen LogP contribution in [-0.4, -0.2) is 31.9 Å². The van der Waals surface area contributed by atoms with Crippen LogP contribution in [0.2, 0.25) is 0 Å². The number of nitrogens with one attached hydrogen (secondary N) is 2. The summed E-state index contributed by atoms with van der Waals surface area (Å²) in [6, 6.07) is 16.9. The van der Waals surface area contributed by atoms with Crippen molar-refractivity contribution in [2.24, 2.45) is 0 Å². The van der Waals surface area contributed by atoms with E-state index in [1.807, 2.05) is 19.9 Å². The molecule has 0 atom stereocenters. The Morgan fingerprint density at radius 1 is 0.917 bits per heavy atom. The Kier molecular flexibility index (Phi) is 6.98. The largest absolute Gasteiger partial charge is 0.497 e. The van der Waals surface area contributed by atoms with Crippen molar-refractivity contribution in [3.63, 3.8) is 0 Å². The van der Waals surface area contributed by atoms with Crippen molar-refractivity contribution in [2.75, 3.05) is 29.8 Å². The molecule has 0 saturated heterocycles. The molecule has 0 radical (unpaired) electrons. The topological polar surface area (TPSA) is 97.0 Å². The van der Waals surface area contributed by atoms with Crippen LogP contribution < -0.4 is 25.0 Å². The summed E-state index contributed by atoms with van der Waals surface area (Å²) >= 11 is 6.28. The van der Waals surface area contributed by atoms with E-state index in [4.69, 9.17) is 21.1 Å². The summed E-state index contributed by atoms with van der Waals surface area (Å²) in [6.45, 7) is 3.74. The van der Waals surface area contributed by atoms with Crippen LogP contribution in [-0.2, 0) is 9.59 Å². The fourth-order valence-electron chi connectivity index (χ4n) is 3.79. The Hall–Kier alpha value is -4.30. The number of hydrogen-bond donors (Lipinski definition) is 2. The number of anilines is 3. The molecular formula is C27H24ClN3O5. The summed E-state index contributed by atoms with van der Waals surface area (Å²) in [5.41, 5.74) is 3.36. The summed E-state index contributed by atoms with van der Waals surface area (Å²) in [5.74, 6) is -0.551. The van der Waals surface area contributed by atoms with Gasteiger partial charge in [0.2, 0.25) is 0 Å². The van der Waals surface area contributed by atoms with Crippen LogP contribution in [0.4, 0.5) is 17.1 Å². The first-order valence-electron chi connectivity index (χ1n) is 11.0. The van der Waals surface area contributed by atoms with Crippen LogP contribution >= 0.6 is 11.6 Å². The lowest BCUT2D eigenvalue weighted by Crippen LogP contribution is -2.33. The molecule has 0 aliphatic carbocycles. The summed E-state index contributed by atoms with van der Waals surface area (Å²) in [4.78, 5) is 40.0. The minimum atomic E-state index is -0.613. The molecule has 0 spiro atoms. The predicted molar refractivity (Wildman–Crippen MR) is 139 cm³/mol. The molecule has 0 unspecified atom stereocenters. The number of rotatable bonds is 7. The molecule has 3 amide bonds. The maximum Gasteiger partial charge on any atom is 0.283 e. The third-order valence-corrected chi connectivity index (χ3v) is 6.25. The molecule has 4 rings (SSSR count). The predicted octanol–water partition coefficient (Wildman–Crippen LogP) is 5.01. The Labute approximate surface area is 213 Å². The molecule has 1 aliphatic heterocycles. The van der Waals surface area contributed by atoms with E-state index in [0.717, 1.165) is 16.0 Å². The Bertz CT molecular complexity index is 1420. The van der Waals surface area contributed by atoms with E-state index in [1.165, 1.54) is 14.2 Å². The minimum absolute atomic E-state index is 0.0584. The van der Waals surface area contributed by atoms with Crippen molar-refractivity contribution in [2.45, 2.75) is 13.8 Å². The van der Waals surface area contributed by atoms with E-state index in [-0.39, 0.29) is 10.7 Å². The molecule has 8 nitrogen and oxygen atoms in total. The molecule has 36 heavy (non-hydrogen) atoms. The maximum absolute atomic E-state index is 13.2. The van der Waals surface area contributed by atoms with Crippen LogP contribution in [0, 0.1) is 13.8 Å². The lowest BCUT2D eigenvalue weighted by atomic mass is 10.1. The van der Waals surface area contributed by atoms with Crippen LogP contribution in [0.3, 0.4) is 0 Å². The summed E-state index contributed by atoms with van der Waals surface area (Å²) in [7, 11) is 3.03. The zero-order valence-electron chi connectivity index (χ0n) is 20.1. The van der Waals surface area contributed by atoms with Gasteiger partial charge in [-0.05, 0) is 61.4 Å². The number of benzene rings is 3. The van der Waals surface area contributed by atoms with Gasteiger partial charge in [-0.25, -0.2) is 4.90 Å². The highest BCUT2D eigenvalue weighted by Crippen LogP contribution is 2.33. The van der Waals surface area contributed by atoms with Crippen LogP contribution in [0.5, 0.6) is 11.5 Å². The van der Waals surface area contributed by atoms with Crippen molar-refractivity contribution >= 4 is 46.4 Å². The number of hydrogen-bond acceptors (Lipinski definition) is 6. The van der Waals surface area contributed by atoms with Crippen molar-refractivity contribution in [3.8, 4) is 11.5 Å². The quantitative estimate of drug-likeness (QED) is 0.438. The fourth-order valence-corrected chi connectivity index (χ4v) is 4.00. The standard InChI is InChI=1S/C27H24ClN3O5/c1-15-7-5-10-21(16(15)2)31-26(33)23(28)24(27(31)34)29-18-9-6-8-17(13-18)25(32)30-20-12-11-19(35-3)14-22(20)36-4/h5-14,29H,1-4H3,(H,30,32). The minimum Gasteiger partial charge on any atom is -0.497 e. The number of aryl methyl sites for hydroxylation is 1. The van der Waals surface area contributed by atoms with Gasteiger partial charge >= 0.3 is 0 Å². The van der Waals surface area contributed by atoms with Gasteiger partial charge in [0, 0.05) is 17.3 Å². The van der Waals surface area contributed by atoms with Gasteiger partial charge < -0.3 is 20.1 Å². The zero-order chi connectivity index (χ0) is 26.0. The first kappa shape index (κ1) is 24.8. The van der Waals surface area contributed by atoms with E-state index in [1.54, 1.807) is 54.6 Å². The smallest absolute Gasteiger partial charge is 0.283 e. The van der Waals surface area contributed by atoms with E-state index < -0.39 is 17.7 Å². The zero-order valence-corrected chi connectivity index (χ0v) is 20.9. The number of ether oxygens (including phenoxy) is 2. The summed E-state index contributed by atoms with van der Waals surface area (Å²) < 4.78 is 10.5. The molecule has 0 bridgehead atoms. The number of carbonyl (C=O) groups is 3. The van der Waals surface area contributed by atoms with Gasteiger partial charge in [0.25, 0.3) is 17.7 Å². The monoisotopic (exact) mass is 505 g/mol. The first-order chi connectivity index (χ1) is 17.2. The van der Waals surface area contributed by atoms with Gasteiger partial charge in [0.1, 0.15) is 22.2 Å². The molecule has 3 aromatic carbocycles. The average Bonchev–Trinajstić information content (AvgIpc) is 3.09. The van der Waals surface area contributed by atoms with Crippen LogP contribution in [0.25, 0.3) is 0 Å². The highest BCUT2D eigenvalue weighted by molar-refractivity contribution is 6.53. The van der Waals surface area contributed by atoms with E-state index in [0.29, 0.717) is 34.1 Å². The third-order valence-electron chi connectivity index (χ3n) is 5.90. The molecule has 0 fully saturated rings. The molecule has 1 aliphatic rings. The third kappa shape index (κ3) is 4.63. The van der Waals surface area contributed by atoms with Crippen molar-refractivity contribution in [3.05, 3.63) is 88.1 Å². The second-order valence-corrected chi connectivity index (χ2v) is 8.46. The highest BCUT2D eigenvalue weighted by atomic mass is 35.5. The molecule has 9 heteroatoms. The molecule has 2 N–H and O–H groups in total. The normalized spacial score (nSPS) is 13.2. The van der Waals surface area contributed by atoms with Gasteiger partial charge in [-0.1, -0.05) is 29.8 Å². The van der Waals surface area contributed by atoms with Gasteiger partial charge in [-0.15, -0.1) is 0 Å². The van der Waals surface area contributed by atoms with E-state index in [2.05, 4.69) is 10.6 Å². The lowest BCUT2D eigenvalue weighted by molar-refractivity contribution is -0.120. The second-order valence-electron chi connectivity index (χ2n) is 8.08. The lowest BCUT2D eigenvalue weighted by Gasteiger charge is -2.18. The number of halogens is 1. The number of amides is 3. The molecule has 0 saturated carbocycles. The van der Waals surface area contributed by atoms with Crippen molar-refractivity contribution in [1.82, 2.24) is 0 Å². The average molecular weight is 506 g/mol. The fraction of sp³-hybridized carbons (Fsp3) is 0.148. The van der Waals surface area contributed by atoms with Crippen molar-refractivity contribution in [1.29, 1.82) is 0 Å². The summed E-state index contributed by atoms with van der Waals surface area (Å²) in [6.07, 6.45) is 0. The Balaban J connectivity index is 1.56. The Morgan fingerprint density at radius 3 is 2.39 bits per heavy atom. The molecule has 1 heterocycles. The molecule has 184 valence electrons. The number of methoxy groups -OCH3 is 2. The Morgan fingerprint density at radius 2 is 1.67 bits per heavy atom.